The fraction of sp³-hybridized carbons (Fsp3) is 0.545. The van der Waals surface area contributed by atoms with Crippen LogP contribution in [0.15, 0.2) is 17.4 Å². The first-order chi connectivity index (χ1) is 8.68. The highest BCUT2D eigenvalue weighted by atomic mass is 32.2. The van der Waals surface area contributed by atoms with E-state index in [1.54, 1.807) is 6.20 Å². The average molecular weight is 268 g/mol. The Labute approximate surface area is 110 Å². The summed E-state index contributed by atoms with van der Waals surface area (Å²) in [5, 5.41) is 0.383. The summed E-state index contributed by atoms with van der Waals surface area (Å²) < 4.78 is 5.22. The summed E-state index contributed by atoms with van der Waals surface area (Å²) in [6.07, 6.45) is 3.11. The van der Waals surface area contributed by atoms with Gasteiger partial charge in [-0.2, -0.15) is 0 Å². The third-order valence-corrected chi connectivity index (χ3v) is 3.74. The molecule has 0 bridgehead atoms. The molecule has 1 unspecified atom stereocenters. The highest BCUT2D eigenvalue weighted by Gasteiger charge is 2.24. The summed E-state index contributed by atoms with van der Waals surface area (Å²) in [4.78, 5) is 22.1. The largest absolute Gasteiger partial charge is 0.381 e. The summed E-state index contributed by atoms with van der Waals surface area (Å²) in [6.45, 7) is 4.38. The number of amides is 1. The molecule has 1 aromatic heterocycles. The Morgan fingerprint density at radius 1 is 1.44 bits per heavy atom. The maximum Gasteiger partial charge on any atom is 0.235 e. The quantitative estimate of drug-likeness (QED) is 0.799. The Balaban J connectivity index is 1.96. The van der Waals surface area contributed by atoms with Crippen LogP contribution in [-0.2, 0) is 9.53 Å². The van der Waals surface area contributed by atoms with Crippen LogP contribution >= 0.6 is 11.8 Å². The number of morpholine rings is 1. The number of anilines is 1. The second kappa shape index (κ2) is 6.01. The predicted octanol–water partition coefficient (Wildman–Crippen LogP) is 0.398. The number of carbonyl (C=O) groups excluding carboxylic acids is 1. The van der Waals surface area contributed by atoms with Crippen molar-refractivity contribution in [3.63, 3.8) is 0 Å². The lowest BCUT2D eigenvalue weighted by Crippen LogP contribution is -2.44. The third-order valence-electron chi connectivity index (χ3n) is 2.65. The Morgan fingerprint density at radius 3 is 2.78 bits per heavy atom. The van der Waals surface area contributed by atoms with Crippen LogP contribution in [0.2, 0.25) is 0 Å². The van der Waals surface area contributed by atoms with Crippen molar-refractivity contribution in [1.82, 2.24) is 14.9 Å². The van der Waals surface area contributed by atoms with Gasteiger partial charge in [0.1, 0.15) is 5.03 Å². The van der Waals surface area contributed by atoms with E-state index in [-0.39, 0.29) is 11.2 Å². The van der Waals surface area contributed by atoms with Crippen LogP contribution < -0.4 is 5.73 Å². The number of nitrogens with zero attached hydrogens (tertiary/aromatic N) is 3. The van der Waals surface area contributed by atoms with Crippen LogP contribution in [0.1, 0.15) is 6.92 Å². The molecule has 1 aromatic rings. The molecule has 0 aliphatic carbocycles. The molecule has 1 amide bonds. The normalized spacial score (nSPS) is 17.5. The topological polar surface area (TPSA) is 81.3 Å². The lowest BCUT2D eigenvalue weighted by Gasteiger charge is -2.28. The first kappa shape index (κ1) is 13.1. The highest BCUT2D eigenvalue weighted by Crippen LogP contribution is 2.25. The first-order valence-corrected chi connectivity index (χ1v) is 6.66. The van der Waals surface area contributed by atoms with Crippen molar-refractivity contribution in [2.24, 2.45) is 0 Å². The van der Waals surface area contributed by atoms with E-state index in [9.17, 15) is 4.79 Å². The van der Waals surface area contributed by atoms with Gasteiger partial charge in [-0.15, -0.1) is 0 Å². The minimum Gasteiger partial charge on any atom is -0.381 e. The number of nitrogen functional groups attached to an aromatic ring is 1. The molecule has 2 heterocycles. The number of ether oxygens (including phenoxy) is 1. The summed E-state index contributed by atoms with van der Waals surface area (Å²) in [6, 6.07) is 0. The zero-order valence-electron chi connectivity index (χ0n) is 10.2. The molecule has 7 heteroatoms. The van der Waals surface area contributed by atoms with Crippen molar-refractivity contribution in [1.29, 1.82) is 0 Å². The monoisotopic (exact) mass is 268 g/mol. The van der Waals surface area contributed by atoms with E-state index in [1.807, 2.05) is 11.8 Å². The van der Waals surface area contributed by atoms with E-state index in [2.05, 4.69) is 9.97 Å². The van der Waals surface area contributed by atoms with Crippen LogP contribution in [0, 0.1) is 0 Å². The SMILES string of the molecule is CC(Sc1nccnc1N)C(=O)N1CCOCC1. The fourth-order valence-electron chi connectivity index (χ4n) is 1.69. The number of aromatic nitrogens is 2. The van der Waals surface area contributed by atoms with Gasteiger partial charge in [0.15, 0.2) is 5.82 Å². The molecule has 1 fully saturated rings. The molecule has 1 saturated heterocycles. The number of nitrogens with two attached hydrogens (primary N) is 1. The molecule has 18 heavy (non-hydrogen) atoms. The lowest BCUT2D eigenvalue weighted by molar-refractivity contribution is -0.134. The Hall–Kier alpha value is -1.34. The van der Waals surface area contributed by atoms with Crippen LogP contribution in [0.4, 0.5) is 5.82 Å². The van der Waals surface area contributed by atoms with Crippen LogP contribution in [-0.4, -0.2) is 52.3 Å². The molecule has 1 aliphatic heterocycles. The standard InChI is InChI=1S/C11H16N4O2S/c1-8(11(16)15-4-6-17-7-5-15)18-10-9(12)13-2-3-14-10/h2-3,8H,4-7H2,1H3,(H2,12,13). The molecule has 0 radical (unpaired) electrons. The maximum absolute atomic E-state index is 12.2. The zero-order valence-corrected chi connectivity index (χ0v) is 11.0. The minimum absolute atomic E-state index is 0.0911. The minimum atomic E-state index is -0.220. The number of hydrogen-bond donors (Lipinski definition) is 1. The van der Waals surface area contributed by atoms with Gasteiger partial charge < -0.3 is 15.4 Å². The summed E-state index contributed by atoms with van der Waals surface area (Å²) in [5.41, 5.74) is 5.71. The van der Waals surface area contributed by atoms with Gasteiger partial charge in [0.05, 0.1) is 18.5 Å². The highest BCUT2D eigenvalue weighted by molar-refractivity contribution is 8.00. The van der Waals surface area contributed by atoms with Crippen LogP contribution in [0.25, 0.3) is 0 Å². The third kappa shape index (κ3) is 3.11. The molecule has 98 valence electrons. The van der Waals surface area contributed by atoms with Crippen molar-refractivity contribution in [2.45, 2.75) is 17.2 Å². The second-order valence-corrected chi connectivity index (χ2v) is 5.27. The van der Waals surface area contributed by atoms with Gasteiger partial charge in [0.2, 0.25) is 5.91 Å². The van der Waals surface area contributed by atoms with E-state index in [0.717, 1.165) is 0 Å². The smallest absolute Gasteiger partial charge is 0.235 e. The maximum atomic E-state index is 12.2. The van der Waals surface area contributed by atoms with Crippen molar-refractivity contribution in [3.8, 4) is 0 Å². The zero-order chi connectivity index (χ0) is 13.0. The van der Waals surface area contributed by atoms with Crippen molar-refractivity contribution in [3.05, 3.63) is 12.4 Å². The summed E-state index contributed by atoms with van der Waals surface area (Å²) in [5.74, 6) is 0.456. The Kier molecular flexibility index (Phi) is 4.38. The van der Waals surface area contributed by atoms with Crippen LogP contribution in [0.3, 0.4) is 0 Å². The average Bonchev–Trinajstić information content (AvgIpc) is 2.41. The molecule has 2 rings (SSSR count). The molecule has 2 N–H and O–H groups in total. The molecule has 1 aliphatic rings. The molecule has 0 aromatic carbocycles. The number of carbonyl (C=O) groups is 1. The van der Waals surface area contributed by atoms with Gasteiger partial charge in [0, 0.05) is 25.5 Å². The second-order valence-electron chi connectivity index (χ2n) is 3.94. The van der Waals surface area contributed by atoms with Crippen molar-refractivity contribution >= 4 is 23.5 Å². The van der Waals surface area contributed by atoms with Gasteiger partial charge in [0.25, 0.3) is 0 Å². The molecule has 1 atom stereocenters. The van der Waals surface area contributed by atoms with Crippen LogP contribution in [0.5, 0.6) is 0 Å². The Morgan fingerprint density at radius 2 is 2.11 bits per heavy atom. The van der Waals surface area contributed by atoms with E-state index in [1.165, 1.54) is 18.0 Å². The first-order valence-electron chi connectivity index (χ1n) is 5.78. The van der Waals surface area contributed by atoms with E-state index in [0.29, 0.717) is 37.1 Å². The van der Waals surface area contributed by atoms with E-state index in [4.69, 9.17) is 10.5 Å². The van der Waals surface area contributed by atoms with Crippen molar-refractivity contribution in [2.75, 3.05) is 32.0 Å². The predicted molar refractivity (Wildman–Crippen MR) is 69.2 cm³/mol. The molecular formula is C11H16N4O2S. The van der Waals surface area contributed by atoms with Gasteiger partial charge in [-0.25, -0.2) is 9.97 Å². The number of hydrogen-bond acceptors (Lipinski definition) is 6. The van der Waals surface area contributed by atoms with E-state index >= 15 is 0 Å². The van der Waals surface area contributed by atoms with Gasteiger partial charge in [-0.05, 0) is 6.92 Å². The fourth-order valence-corrected chi connectivity index (χ4v) is 2.57. The summed E-state index contributed by atoms with van der Waals surface area (Å²) >= 11 is 1.34. The van der Waals surface area contributed by atoms with Gasteiger partial charge in [-0.3, -0.25) is 4.79 Å². The number of thioether (sulfide) groups is 1. The molecule has 0 saturated carbocycles. The van der Waals surface area contributed by atoms with Gasteiger partial charge >= 0.3 is 0 Å². The molecule has 6 nitrogen and oxygen atoms in total. The van der Waals surface area contributed by atoms with Crippen molar-refractivity contribution < 1.29 is 9.53 Å². The Bertz CT molecular complexity index is 423. The summed E-state index contributed by atoms with van der Waals surface area (Å²) in [7, 11) is 0. The molecule has 0 spiro atoms. The van der Waals surface area contributed by atoms with Gasteiger partial charge in [-0.1, -0.05) is 11.8 Å². The molecular weight excluding hydrogens is 252 g/mol. The number of rotatable bonds is 3. The lowest BCUT2D eigenvalue weighted by atomic mass is 10.3. The van der Waals surface area contributed by atoms with E-state index < -0.39 is 0 Å².